The van der Waals surface area contributed by atoms with E-state index in [9.17, 15) is 13.2 Å². The highest BCUT2D eigenvalue weighted by atomic mass is 32.2. The average molecular weight is 415 g/mol. The summed E-state index contributed by atoms with van der Waals surface area (Å²) in [4.78, 5) is 12.5. The first-order valence-corrected chi connectivity index (χ1v) is 10.7. The van der Waals surface area contributed by atoms with Crippen molar-refractivity contribution < 1.29 is 22.4 Å². The summed E-state index contributed by atoms with van der Waals surface area (Å²) in [7, 11) is -3.46. The Kier molecular flexibility index (Phi) is 6.28. The van der Waals surface area contributed by atoms with Crippen LogP contribution in [0.4, 0.5) is 6.01 Å². The summed E-state index contributed by atoms with van der Waals surface area (Å²) in [5.41, 5.74) is 0.396. The van der Waals surface area contributed by atoms with Gasteiger partial charge in [-0.1, -0.05) is 23.3 Å². The number of carbonyl (C=O) groups excluding carboxylic acids is 1. The van der Waals surface area contributed by atoms with Crippen LogP contribution in [-0.2, 0) is 16.3 Å². The van der Waals surface area contributed by atoms with E-state index in [0.717, 1.165) is 0 Å². The zero-order valence-electron chi connectivity index (χ0n) is 16.0. The topological polar surface area (TPSA) is 111 Å². The molecule has 152 valence electrons. The number of nitrogens with one attached hydrogen (secondary N) is 1. The summed E-state index contributed by atoms with van der Waals surface area (Å²) in [6.45, 7) is 3.83. The predicted molar refractivity (Wildman–Crippen MR) is 107 cm³/mol. The number of aryl methyl sites for hydroxylation is 1. The minimum absolute atomic E-state index is 0.0391. The highest BCUT2D eigenvalue weighted by Gasteiger charge is 2.17. The molecule has 0 aliphatic rings. The van der Waals surface area contributed by atoms with E-state index in [1.54, 1.807) is 42.5 Å². The molecule has 9 heteroatoms. The highest BCUT2D eigenvalue weighted by Crippen LogP contribution is 2.16. The molecule has 1 N–H and O–H groups in total. The molecule has 0 fully saturated rings. The van der Waals surface area contributed by atoms with Gasteiger partial charge in [0.15, 0.2) is 9.84 Å². The fourth-order valence-corrected chi connectivity index (χ4v) is 3.75. The minimum atomic E-state index is -3.46. The molecule has 1 heterocycles. The first-order chi connectivity index (χ1) is 13.8. The van der Waals surface area contributed by atoms with Crippen LogP contribution in [-0.4, -0.2) is 36.4 Å². The molecule has 0 radical (unpaired) electrons. The molecule has 0 aliphatic carbocycles. The van der Waals surface area contributed by atoms with Crippen molar-refractivity contribution in [2.75, 3.05) is 11.1 Å². The van der Waals surface area contributed by atoms with Crippen LogP contribution in [0.15, 0.2) is 63.9 Å². The largest absolute Gasteiger partial charge is 0.491 e. The molecule has 29 heavy (non-hydrogen) atoms. The molecule has 1 aromatic heterocycles. The fourth-order valence-electron chi connectivity index (χ4n) is 2.50. The smallest absolute Gasteiger partial charge is 0.322 e. The normalized spacial score (nSPS) is 11.4. The molecule has 1 amide bonds. The molecule has 0 atom stereocenters. The molecular weight excluding hydrogens is 394 g/mol. The van der Waals surface area contributed by atoms with Gasteiger partial charge in [-0.15, -0.1) is 5.10 Å². The van der Waals surface area contributed by atoms with Crippen molar-refractivity contribution in [2.45, 2.75) is 31.3 Å². The van der Waals surface area contributed by atoms with E-state index in [0.29, 0.717) is 11.3 Å². The molecule has 3 rings (SSSR count). The zero-order valence-corrected chi connectivity index (χ0v) is 16.8. The van der Waals surface area contributed by atoms with Crippen LogP contribution >= 0.6 is 0 Å². The van der Waals surface area contributed by atoms with Gasteiger partial charge in [0.25, 0.3) is 5.91 Å². The Morgan fingerprint density at radius 1 is 1.07 bits per heavy atom. The standard InChI is InChI=1S/C20H21N3O5S/c1-14(2)27-16-10-8-15(9-11-16)19(24)21-20-23-22-18(28-20)12-13-29(25,26)17-6-4-3-5-7-17/h3-11,14H,12-13H2,1-2H3,(H,21,23,24). The van der Waals surface area contributed by atoms with Crippen LogP contribution < -0.4 is 10.1 Å². The molecule has 0 unspecified atom stereocenters. The van der Waals surface area contributed by atoms with Crippen LogP contribution in [0, 0.1) is 0 Å². The molecule has 0 bridgehead atoms. The van der Waals surface area contributed by atoms with Gasteiger partial charge in [-0.3, -0.25) is 10.1 Å². The molecule has 8 nitrogen and oxygen atoms in total. The van der Waals surface area contributed by atoms with Crippen LogP contribution in [0.1, 0.15) is 30.1 Å². The van der Waals surface area contributed by atoms with Crippen molar-refractivity contribution in [1.82, 2.24) is 10.2 Å². The van der Waals surface area contributed by atoms with E-state index >= 15 is 0 Å². The van der Waals surface area contributed by atoms with Gasteiger partial charge in [0.2, 0.25) is 5.89 Å². The number of ether oxygens (including phenoxy) is 1. The minimum Gasteiger partial charge on any atom is -0.491 e. The van der Waals surface area contributed by atoms with Crippen molar-refractivity contribution in [3.8, 4) is 5.75 Å². The van der Waals surface area contributed by atoms with Crippen molar-refractivity contribution >= 4 is 21.8 Å². The van der Waals surface area contributed by atoms with Gasteiger partial charge < -0.3 is 9.15 Å². The fraction of sp³-hybridized carbons (Fsp3) is 0.250. The number of amides is 1. The Labute approximate surface area is 168 Å². The first-order valence-electron chi connectivity index (χ1n) is 9.02. The number of benzene rings is 2. The Balaban J connectivity index is 1.58. The van der Waals surface area contributed by atoms with E-state index in [2.05, 4.69) is 15.5 Å². The van der Waals surface area contributed by atoms with E-state index in [1.807, 2.05) is 13.8 Å². The molecular formula is C20H21N3O5S. The van der Waals surface area contributed by atoms with Crippen molar-refractivity contribution in [2.24, 2.45) is 0 Å². The first kappa shape index (κ1) is 20.5. The lowest BCUT2D eigenvalue weighted by atomic mass is 10.2. The van der Waals surface area contributed by atoms with E-state index in [1.165, 1.54) is 12.1 Å². The maximum Gasteiger partial charge on any atom is 0.322 e. The van der Waals surface area contributed by atoms with Gasteiger partial charge in [-0.05, 0) is 50.2 Å². The Morgan fingerprint density at radius 3 is 2.41 bits per heavy atom. The second kappa shape index (κ2) is 8.87. The zero-order chi connectivity index (χ0) is 20.9. The average Bonchev–Trinajstić information content (AvgIpc) is 3.15. The van der Waals surface area contributed by atoms with Gasteiger partial charge in [0.05, 0.1) is 16.8 Å². The van der Waals surface area contributed by atoms with Crippen molar-refractivity contribution in [3.63, 3.8) is 0 Å². The van der Waals surface area contributed by atoms with Crippen molar-refractivity contribution in [1.29, 1.82) is 0 Å². The summed E-state index contributed by atoms with van der Waals surface area (Å²) < 4.78 is 35.5. The van der Waals surface area contributed by atoms with E-state index in [4.69, 9.17) is 9.15 Å². The quantitative estimate of drug-likeness (QED) is 0.601. The monoisotopic (exact) mass is 415 g/mol. The summed E-state index contributed by atoms with van der Waals surface area (Å²) in [5.74, 6) is 0.189. The summed E-state index contributed by atoms with van der Waals surface area (Å²) in [5, 5.41) is 10.0. The number of nitrogens with zero attached hydrogens (tertiary/aromatic N) is 2. The van der Waals surface area contributed by atoms with Crippen LogP contribution in [0.2, 0.25) is 0 Å². The predicted octanol–water partition coefficient (Wildman–Crippen LogP) is 3.13. The van der Waals surface area contributed by atoms with Gasteiger partial charge >= 0.3 is 6.01 Å². The molecule has 0 spiro atoms. The van der Waals surface area contributed by atoms with E-state index < -0.39 is 15.7 Å². The second-order valence-electron chi connectivity index (χ2n) is 6.53. The molecule has 0 saturated carbocycles. The maximum absolute atomic E-state index is 12.3. The number of hydrogen-bond acceptors (Lipinski definition) is 7. The SMILES string of the molecule is CC(C)Oc1ccc(C(=O)Nc2nnc(CCS(=O)(=O)c3ccccc3)o2)cc1. The number of hydrogen-bond donors (Lipinski definition) is 1. The third kappa shape index (κ3) is 5.64. The van der Waals surface area contributed by atoms with Gasteiger partial charge in [-0.25, -0.2) is 8.42 Å². The molecule has 0 aliphatic heterocycles. The summed E-state index contributed by atoms with van der Waals surface area (Å²) in [6.07, 6.45) is 0.0821. The Hall–Kier alpha value is -3.20. The van der Waals surface area contributed by atoms with Crippen molar-refractivity contribution in [3.05, 3.63) is 66.1 Å². The van der Waals surface area contributed by atoms with Gasteiger partial charge in [0.1, 0.15) is 5.75 Å². The molecule has 0 saturated heterocycles. The Bertz CT molecular complexity index is 1060. The number of aromatic nitrogens is 2. The third-order valence-electron chi connectivity index (χ3n) is 3.86. The third-order valence-corrected chi connectivity index (χ3v) is 5.59. The maximum atomic E-state index is 12.3. The van der Waals surface area contributed by atoms with E-state index in [-0.39, 0.29) is 35.1 Å². The lowest BCUT2D eigenvalue weighted by Crippen LogP contribution is -2.12. The van der Waals surface area contributed by atoms with Crippen LogP contribution in [0.3, 0.4) is 0 Å². The van der Waals surface area contributed by atoms with Gasteiger partial charge in [-0.2, -0.15) is 0 Å². The molecule has 3 aromatic rings. The number of sulfone groups is 1. The number of anilines is 1. The Morgan fingerprint density at radius 2 is 1.76 bits per heavy atom. The molecule has 2 aromatic carbocycles. The van der Waals surface area contributed by atoms with Crippen LogP contribution in [0.25, 0.3) is 0 Å². The second-order valence-corrected chi connectivity index (χ2v) is 8.64. The summed E-state index contributed by atoms with van der Waals surface area (Å²) in [6, 6.07) is 14.7. The number of carbonyl (C=O) groups is 1. The lowest BCUT2D eigenvalue weighted by molar-refractivity contribution is 0.102. The highest BCUT2D eigenvalue weighted by molar-refractivity contribution is 7.91. The lowest BCUT2D eigenvalue weighted by Gasteiger charge is -2.09. The summed E-state index contributed by atoms with van der Waals surface area (Å²) >= 11 is 0. The van der Waals surface area contributed by atoms with Gasteiger partial charge in [0, 0.05) is 12.0 Å². The number of rotatable bonds is 8. The van der Waals surface area contributed by atoms with Crippen LogP contribution in [0.5, 0.6) is 5.75 Å².